The highest BCUT2D eigenvalue weighted by Crippen LogP contribution is 2.09. The van der Waals surface area contributed by atoms with Crippen molar-refractivity contribution in [3.63, 3.8) is 0 Å². The van der Waals surface area contributed by atoms with Gasteiger partial charge < -0.3 is 5.32 Å². The lowest BCUT2D eigenvalue weighted by molar-refractivity contribution is -0.111. The Balaban J connectivity index is 1.97. The van der Waals surface area contributed by atoms with E-state index in [9.17, 15) is 4.79 Å². The van der Waals surface area contributed by atoms with Crippen molar-refractivity contribution in [3.05, 3.63) is 30.3 Å². The van der Waals surface area contributed by atoms with Crippen molar-refractivity contribution in [1.82, 2.24) is 10.2 Å². The van der Waals surface area contributed by atoms with Crippen LogP contribution in [0.3, 0.4) is 0 Å². The fourth-order valence-corrected chi connectivity index (χ4v) is 1.82. The lowest BCUT2D eigenvalue weighted by atomic mass is 10.3. The van der Waals surface area contributed by atoms with Gasteiger partial charge in [-0.2, -0.15) is 0 Å². The number of carbonyl (C=O) groups is 1. The van der Waals surface area contributed by atoms with Crippen LogP contribution in [-0.2, 0) is 4.79 Å². The second-order valence-corrected chi connectivity index (χ2v) is 3.80. The monoisotopic (exact) mass is 218 g/mol. The fourth-order valence-electron chi connectivity index (χ4n) is 1.82. The quantitative estimate of drug-likeness (QED) is 0.750. The van der Waals surface area contributed by atoms with Crippen molar-refractivity contribution in [1.29, 1.82) is 0 Å². The Bertz CT molecular complexity index is 322. The first-order chi connectivity index (χ1) is 7.90. The molecule has 1 radical (unpaired) electrons. The molecule has 0 saturated carbocycles. The van der Waals surface area contributed by atoms with E-state index in [0.717, 1.165) is 38.2 Å². The summed E-state index contributed by atoms with van der Waals surface area (Å²) in [5.41, 5.74) is 0.974. The molecule has 4 heteroatoms. The van der Waals surface area contributed by atoms with E-state index < -0.39 is 0 Å². The van der Waals surface area contributed by atoms with Crippen LogP contribution in [0.2, 0.25) is 0 Å². The molecule has 16 heavy (non-hydrogen) atoms. The number of hydrogen-bond acceptors (Lipinski definition) is 3. The molecular formula is C12H16N3O. The smallest absolute Gasteiger partial charge is 0.157 e. The summed E-state index contributed by atoms with van der Waals surface area (Å²) in [5, 5.41) is 7.48. The molecule has 1 aliphatic heterocycles. The molecule has 1 atom stereocenters. The van der Waals surface area contributed by atoms with Gasteiger partial charge in [-0.3, -0.25) is 9.69 Å². The zero-order valence-corrected chi connectivity index (χ0v) is 9.17. The molecule has 1 N–H and O–H groups in total. The van der Waals surface area contributed by atoms with Gasteiger partial charge in [-0.1, -0.05) is 18.2 Å². The van der Waals surface area contributed by atoms with Gasteiger partial charge >= 0.3 is 0 Å². The standard InChI is InChI=1S/C12H16N3O/c16-10-12(15-8-6-13-7-9-15)14-11-4-2-1-3-5-11/h1-5,10,12,14H,6-9H2. The molecule has 0 bridgehead atoms. The highest BCUT2D eigenvalue weighted by molar-refractivity contribution is 5.63. The molecule has 1 aromatic carbocycles. The minimum Gasteiger partial charge on any atom is -0.364 e. The number of para-hydroxylation sites is 1. The Kier molecular flexibility index (Phi) is 3.91. The van der Waals surface area contributed by atoms with E-state index in [2.05, 4.69) is 15.5 Å². The minimum atomic E-state index is -0.238. The maximum absolute atomic E-state index is 11.1. The molecule has 1 aromatic rings. The average Bonchev–Trinajstić information content (AvgIpc) is 2.38. The molecule has 2 rings (SSSR count). The van der Waals surface area contributed by atoms with Crippen LogP contribution in [0.15, 0.2) is 30.3 Å². The minimum absolute atomic E-state index is 0.238. The fraction of sp³-hybridized carbons (Fsp3) is 0.417. The topological polar surface area (TPSA) is 46.4 Å². The molecule has 0 amide bonds. The summed E-state index contributed by atoms with van der Waals surface area (Å²) >= 11 is 0. The number of nitrogens with one attached hydrogen (secondary N) is 1. The average molecular weight is 218 g/mol. The lowest BCUT2D eigenvalue weighted by Gasteiger charge is -2.31. The van der Waals surface area contributed by atoms with Gasteiger partial charge in [0.15, 0.2) is 6.29 Å². The van der Waals surface area contributed by atoms with Gasteiger partial charge in [-0.25, -0.2) is 5.32 Å². The Hall–Kier alpha value is -1.39. The molecule has 0 aromatic heterocycles. The maximum atomic E-state index is 11.1. The van der Waals surface area contributed by atoms with Gasteiger partial charge in [-0.05, 0) is 12.1 Å². The molecule has 85 valence electrons. The molecule has 1 unspecified atom stereocenters. The summed E-state index contributed by atoms with van der Waals surface area (Å²) in [7, 11) is 0. The van der Waals surface area contributed by atoms with Gasteiger partial charge in [-0.15, -0.1) is 0 Å². The zero-order chi connectivity index (χ0) is 11.2. The molecule has 1 aliphatic rings. The number of rotatable bonds is 4. The van der Waals surface area contributed by atoms with Crippen LogP contribution in [-0.4, -0.2) is 43.5 Å². The summed E-state index contributed by atoms with van der Waals surface area (Å²) < 4.78 is 0. The van der Waals surface area contributed by atoms with E-state index in [-0.39, 0.29) is 6.17 Å². The van der Waals surface area contributed by atoms with Crippen LogP contribution >= 0.6 is 0 Å². The van der Waals surface area contributed by atoms with Crippen molar-refractivity contribution in [3.8, 4) is 0 Å². The molecule has 0 aliphatic carbocycles. The molecule has 0 spiro atoms. The Morgan fingerprint density at radius 1 is 1.25 bits per heavy atom. The van der Waals surface area contributed by atoms with Crippen molar-refractivity contribution in [2.24, 2.45) is 0 Å². The Labute approximate surface area is 95.6 Å². The molecule has 1 saturated heterocycles. The molecule has 1 fully saturated rings. The van der Waals surface area contributed by atoms with Gasteiger partial charge in [0.05, 0.1) is 0 Å². The second-order valence-electron chi connectivity index (χ2n) is 3.80. The van der Waals surface area contributed by atoms with Gasteiger partial charge in [0.1, 0.15) is 6.17 Å². The van der Waals surface area contributed by atoms with Crippen LogP contribution in [0, 0.1) is 0 Å². The first-order valence-electron chi connectivity index (χ1n) is 5.54. The predicted molar refractivity (Wildman–Crippen MR) is 63.4 cm³/mol. The third-order valence-electron chi connectivity index (χ3n) is 2.70. The Morgan fingerprint density at radius 3 is 2.56 bits per heavy atom. The number of hydrogen-bond donors (Lipinski definition) is 1. The first kappa shape index (κ1) is 11.1. The summed E-state index contributed by atoms with van der Waals surface area (Å²) in [6, 6.07) is 9.79. The van der Waals surface area contributed by atoms with Crippen molar-refractivity contribution in [2.75, 3.05) is 31.5 Å². The van der Waals surface area contributed by atoms with Crippen molar-refractivity contribution in [2.45, 2.75) is 6.17 Å². The molecular weight excluding hydrogens is 202 g/mol. The van der Waals surface area contributed by atoms with Crippen molar-refractivity contribution >= 4 is 12.0 Å². The highest BCUT2D eigenvalue weighted by Gasteiger charge is 2.19. The molecule has 1 heterocycles. The van der Waals surface area contributed by atoms with Crippen molar-refractivity contribution < 1.29 is 4.79 Å². The number of piperazine rings is 1. The van der Waals surface area contributed by atoms with E-state index in [1.807, 2.05) is 30.3 Å². The zero-order valence-electron chi connectivity index (χ0n) is 9.17. The second kappa shape index (κ2) is 5.63. The van der Waals surface area contributed by atoms with Gasteiger partial charge in [0, 0.05) is 31.9 Å². The van der Waals surface area contributed by atoms with Crippen LogP contribution in [0.4, 0.5) is 5.69 Å². The maximum Gasteiger partial charge on any atom is 0.157 e. The number of carbonyl (C=O) groups excluding carboxylic acids is 1. The SMILES string of the molecule is O=CC(Nc1ccccc1)N1CC[N]CC1. The van der Waals surface area contributed by atoms with E-state index in [0.29, 0.717) is 0 Å². The van der Waals surface area contributed by atoms with Gasteiger partial charge in [0.2, 0.25) is 0 Å². The summed E-state index contributed by atoms with van der Waals surface area (Å²) in [6.45, 7) is 3.34. The summed E-state index contributed by atoms with van der Waals surface area (Å²) in [4.78, 5) is 13.2. The third kappa shape index (κ3) is 2.81. The van der Waals surface area contributed by atoms with E-state index in [4.69, 9.17) is 0 Å². The summed E-state index contributed by atoms with van der Waals surface area (Å²) in [5.74, 6) is 0. The van der Waals surface area contributed by atoms with E-state index in [1.54, 1.807) is 0 Å². The number of anilines is 1. The van der Waals surface area contributed by atoms with Crippen LogP contribution in [0.5, 0.6) is 0 Å². The predicted octanol–water partition coefficient (Wildman–Crippen LogP) is 0.543. The lowest BCUT2D eigenvalue weighted by Crippen LogP contribution is -2.50. The van der Waals surface area contributed by atoms with Crippen LogP contribution < -0.4 is 10.6 Å². The third-order valence-corrected chi connectivity index (χ3v) is 2.70. The van der Waals surface area contributed by atoms with E-state index in [1.165, 1.54) is 0 Å². The number of nitrogens with zero attached hydrogens (tertiary/aromatic N) is 2. The number of aldehydes is 1. The first-order valence-corrected chi connectivity index (χ1v) is 5.54. The molecule has 4 nitrogen and oxygen atoms in total. The van der Waals surface area contributed by atoms with Crippen LogP contribution in [0.1, 0.15) is 0 Å². The highest BCUT2D eigenvalue weighted by atomic mass is 16.1. The number of benzene rings is 1. The van der Waals surface area contributed by atoms with Crippen LogP contribution in [0.25, 0.3) is 0 Å². The van der Waals surface area contributed by atoms with Gasteiger partial charge in [0.25, 0.3) is 0 Å². The Morgan fingerprint density at radius 2 is 1.94 bits per heavy atom. The summed E-state index contributed by atoms with van der Waals surface area (Å²) in [6.07, 6.45) is 0.719. The largest absolute Gasteiger partial charge is 0.364 e. The van der Waals surface area contributed by atoms with E-state index >= 15 is 0 Å². The normalized spacial score (nSPS) is 19.0.